The standard InChI is InChI=1S/C21H25N3O2/c1-15-5-3-7-18(13-15)23-21(26)20(25)22-11-10-16-8-9-19-17(14-16)6-4-12-24(19)2/h3,5,7-9,13-14H,4,6,10-12H2,1-2H3,(H,22,25)(H,23,26). The molecule has 0 spiro atoms. The molecule has 0 aromatic heterocycles. The van der Waals surface area contributed by atoms with Gasteiger partial charge in [-0.15, -0.1) is 0 Å². The number of nitrogens with zero attached hydrogens (tertiary/aromatic N) is 1. The highest BCUT2D eigenvalue weighted by Crippen LogP contribution is 2.26. The summed E-state index contributed by atoms with van der Waals surface area (Å²) < 4.78 is 0. The molecule has 0 saturated heterocycles. The van der Waals surface area contributed by atoms with Crippen molar-refractivity contribution in [2.24, 2.45) is 0 Å². The molecule has 2 aromatic rings. The van der Waals surface area contributed by atoms with Crippen molar-refractivity contribution in [3.63, 3.8) is 0 Å². The van der Waals surface area contributed by atoms with Gasteiger partial charge in [-0.2, -0.15) is 0 Å². The maximum Gasteiger partial charge on any atom is 0.313 e. The number of carbonyl (C=O) groups excluding carboxylic acids is 2. The lowest BCUT2D eigenvalue weighted by molar-refractivity contribution is -0.136. The first-order chi connectivity index (χ1) is 12.5. The molecule has 1 heterocycles. The number of rotatable bonds is 4. The van der Waals surface area contributed by atoms with Crippen LogP contribution in [0.5, 0.6) is 0 Å². The van der Waals surface area contributed by atoms with Crippen molar-refractivity contribution in [1.29, 1.82) is 0 Å². The van der Waals surface area contributed by atoms with Gasteiger partial charge in [-0.3, -0.25) is 9.59 Å². The molecule has 26 heavy (non-hydrogen) atoms. The van der Waals surface area contributed by atoms with E-state index in [0.717, 1.165) is 18.5 Å². The van der Waals surface area contributed by atoms with Gasteiger partial charge in [0, 0.05) is 31.5 Å². The Kier molecular flexibility index (Phi) is 5.56. The summed E-state index contributed by atoms with van der Waals surface area (Å²) in [5.41, 5.74) is 5.49. The quantitative estimate of drug-likeness (QED) is 0.833. The Bertz CT molecular complexity index is 817. The van der Waals surface area contributed by atoms with E-state index in [2.05, 4.69) is 40.8 Å². The Morgan fingerprint density at radius 2 is 1.96 bits per heavy atom. The van der Waals surface area contributed by atoms with Crippen LogP contribution in [0.1, 0.15) is 23.1 Å². The molecule has 1 aliphatic heterocycles. The number of amides is 2. The lowest BCUT2D eigenvalue weighted by Crippen LogP contribution is -2.36. The van der Waals surface area contributed by atoms with Crippen LogP contribution in [0, 0.1) is 6.92 Å². The molecule has 2 amide bonds. The van der Waals surface area contributed by atoms with Gasteiger partial charge in [0.05, 0.1) is 0 Å². The number of nitrogens with one attached hydrogen (secondary N) is 2. The van der Waals surface area contributed by atoms with Crippen LogP contribution < -0.4 is 15.5 Å². The largest absolute Gasteiger partial charge is 0.374 e. The fourth-order valence-electron chi connectivity index (χ4n) is 3.31. The second-order valence-corrected chi connectivity index (χ2v) is 6.82. The minimum Gasteiger partial charge on any atom is -0.374 e. The number of benzene rings is 2. The van der Waals surface area contributed by atoms with Crippen LogP contribution in [0.15, 0.2) is 42.5 Å². The number of hydrogen-bond donors (Lipinski definition) is 2. The second-order valence-electron chi connectivity index (χ2n) is 6.82. The topological polar surface area (TPSA) is 61.4 Å². The van der Waals surface area contributed by atoms with E-state index in [1.807, 2.05) is 25.1 Å². The lowest BCUT2D eigenvalue weighted by atomic mass is 9.98. The molecule has 5 nitrogen and oxygen atoms in total. The van der Waals surface area contributed by atoms with Gasteiger partial charge in [-0.05, 0) is 61.1 Å². The maximum atomic E-state index is 12.0. The Morgan fingerprint density at radius 3 is 2.77 bits per heavy atom. The summed E-state index contributed by atoms with van der Waals surface area (Å²) in [6.07, 6.45) is 2.97. The summed E-state index contributed by atoms with van der Waals surface area (Å²) in [6.45, 7) is 3.47. The fraction of sp³-hybridized carbons (Fsp3) is 0.333. The van der Waals surface area contributed by atoms with Crippen LogP contribution >= 0.6 is 0 Å². The van der Waals surface area contributed by atoms with Crippen LogP contribution in [0.2, 0.25) is 0 Å². The van der Waals surface area contributed by atoms with E-state index in [4.69, 9.17) is 0 Å². The van der Waals surface area contributed by atoms with Crippen molar-refractivity contribution < 1.29 is 9.59 Å². The first kappa shape index (κ1) is 18.0. The molecular formula is C21H25N3O2. The average Bonchev–Trinajstić information content (AvgIpc) is 2.62. The molecule has 0 bridgehead atoms. The highest BCUT2D eigenvalue weighted by molar-refractivity contribution is 6.39. The molecule has 1 aliphatic rings. The van der Waals surface area contributed by atoms with Crippen molar-refractivity contribution in [2.75, 3.05) is 30.4 Å². The Hall–Kier alpha value is -2.82. The van der Waals surface area contributed by atoms with Gasteiger partial charge >= 0.3 is 11.8 Å². The third kappa shape index (κ3) is 4.42. The zero-order valence-corrected chi connectivity index (χ0v) is 15.3. The zero-order chi connectivity index (χ0) is 18.5. The van der Waals surface area contributed by atoms with E-state index in [1.165, 1.54) is 23.2 Å². The van der Waals surface area contributed by atoms with Gasteiger partial charge in [0.1, 0.15) is 0 Å². The Morgan fingerprint density at radius 1 is 1.12 bits per heavy atom. The number of anilines is 2. The molecule has 0 saturated carbocycles. The van der Waals surface area contributed by atoms with Crippen LogP contribution in [0.3, 0.4) is 0 Å². The number of aryl methyl sites for hydroxylation is 2. The predicted octanol–water partition coefficient (Wildman–Crippen LogP) is 2.67. The molecule has 0 unspecified atom stereocenters. The van der Waals surface area contributed by atoms with Gasteiger partial charge in [-0.25, -0.2) is 0 Å². The summed E-state index contributed by atoms with van der Waals surface area (Å²) in [6, 6.07) is 13.8. The fourth-order valence-corrected chi connectivity index (χ4v) is 3.31. The molecule has 0 aliphatic carbocycles. The smallest absolute Gasteiger partial charge is 0.313 e. The summed E-state index contributed by atoms with van der Waals surface area (Å²) >= 11 is 0. The Labute approximate surface area is 154 Å². The minimum atomic E-state index is -0.636. The van der Waals surface area contributed by atoms with Crippen molar-refractivity contribution in [3.8, 4) is 0 Å². The number of hydrogen-bond acceptors (Lipinski definition) is 3. The van der Waals surface area contributed by atoms with E-state index in [-0.39, 0.29) is 0 Å². The van der Waals surface area contributed by atoms with E-state index in [0.29, 0.717) is 18.7 Å². The van der Waals surface area contributed by atoms with Crippen molar-refractivity contribution in [2.45, 2.75) is 26.2 Å². The molecule has 3 rings (SSSR count). The van der Waals surface area contributed by atoms with E-state index in [9.17, 15) is 9.59 Å². The van der Waals surface area contributed by atoms with Gasteiger partial charge in [0.25, 0.3) is 0 Å². The Balaban J connectivity index is 1.50. The highest BCUT2D eigenvalue weighted by atomic mass is 16.2. The molecule has 2 N–H and O–H groups in total. The van der Waals surface area contributed by atoms with Crippen LogP contribution in [-0.2, 0) is 22.4 Å². The monoisotopic (exact) mass is 351 g/mol. The van der Waals surface area contributed by atoms with E-state index in [1.54, 1.807) is 6.07 Å². The van der Waals surface area contributed by atoms with Gasteiger partial charge < -0.3 is 15.5 Å². The summed E-state index contributed by atoms with van der Waals surface area (Å²) in [5, 5.41) is 5.31. The highest BCUT2D eigenvalue weighted by Gasteiger charge is 2.15. The normalized spacial score (nSPS) is 13.1. The third-order valence-corrected chi connectivity index (χ3v) is 4.68. The number of fused-ring (bicyclic) bond motifs is 1. The second kappa shape index (κ2) is 8.04. The molecule has 0 radical (unpaired) electrons. The zero-order valence-electron chi connectivity index (χ0n) is 15.3. The van der Waals surface area contributed by atoms with Gasteiger partial charge in [-0.1, -0.05) is 24.3 Å². The van der Waals surface area contributed by atoms with Gasteiger partial charge in [0.2, 0.25) is 0 Å². The molecule has 5 heteroatoms. The molecule has 0 fully saturated rings. The average molecular weight is 351 g/mol. The minimum absolute atomic E-state index is 0.439. The maximum absolute atomic E-state index is 12.0. The van der Waals surface area contributed by atoms with Crippen LogP contribution in [-0.4, -0.2) is 32.0 Å². The van der Waals surface area contributed by atoms with Crippen molar-refractivity contribution in [1.82, 2.24) is 5.32 Å². The van der Waals surface area contributed by atoms with Crippen LogP contribution in [0.4, 0.5) is 11.4 Å². The summed E-state index contributed by atoms with van der Waals surface area (Å²) in [7, 11) is 2.12. The molecular weight excluding hydrogens is 326 g/mol. The lowest BCUT2D eigenvalue weighted by Gasteiger charge is -2.27. The predicted molar refractivity (Wildman–Crippen MR) is 105 cm³/mol. The van der Waals surface area contributed by atoms with E-state index >= 15 is 0 Å². The molecule has 136 valence electrons. The summed E-state index contributed by atoms with van der Waals surface area (Å²) in [4.78, 5) is 26.2. The molecule has 0 atom stereocenters. The van der Waals surface area contributed by atoms with Gasteiger partial charge in [0.15, 0.2) is 0 Å². The van der Waals surface area contributed by atoms with Crippen LogP contribution in [0.25, 0.3) is 0 Å². The SMILES string of the molecule is Cc1cccc(NC(=O)C(=O)NCCc2ccc3c(c2)CCCN3C)c1. The third-order valence-electron chi connectivity index (χ3n) is 4.68. The first-order valence-electron chi connectivity index (χ1n) is 9.02. The molecule has 2 aromatic carbocycles. The van der Waals surface area contributed by atoms with Crippen molar-refractivity contribution in [3.05, 3.63) is 59.2 Å². The summed E-state index contributed by atoms with van der Waals surface area (Å²) in [5.74, 6) is -1.24. The van der Waals surface area contributed by atoms with Crippen molar-refractivity contribution >= 4 is 23.2 Å². The van der Waals surface area contributed by atoms with E-state index < -0.39 is 11.8 Å². The first-order valence-corrected chi connectivity index (χ1v) is 9.02. The number of carbonyl (C=O) groups is 2.